The van der Waals surface area contributed by atoms with E-state index in [9.17, 15) is 0 Å². The molecule has 2 heteroatoms. The number of hydrogen-bond donors (Lipinski definition) is 2. The summed E-state index contributed by atoms with van der Waals surface area (Å²) < 4.78 is 0. The molecule has 0 aliphatic heterocycles. The van der Waals surface area contributed by atoms with Crippen LogP contribution in [0, 0.1) is 0 Å². The summed E-state index contributed by atoms with van der Waals surface area (Å²) in [4.78, 5) is 0. The molecule has 0 aliphatic rings. The van der Waals surface area contributed by atoms with Gasteiger partial charge in [0.1, 0.15) is 0 Å². The summed E-state index contributed by atoms with van der Waals surface area (Å²) in [6.07, 6.45) is 3.46. The van der Waals surface area contributed by atoms with Gasteiger partial charge in [0, 0.05) is 6.04 Å². The molecule has 0 heterocycles. The maximum atomic E-state index is 5.78. The van der Waals surface area contributed by atoms with Crippen molar-refractivity contribution in [2.75, 3.05) is 13.6 Å². The molecule has 0 aromatic heterocycles. The topological polar surface area (TPSA) is 38.0 Å². The van der Waals surface area contributed by atoms with E-state index in [2.05, 4.69) is 11.9 Å². The molecule has 1 unspecified atom stereocenters. The lowest BCUT2D eigenvalue weighted by Crippen LogP contribution is -2.21. The van der Waals surface area contributed by atoms with Crippen LogP contribution in [0.2, 0.25) is 0 Å². The van der Waals surface area contributed by atoms with Crippen molar-refractivity contribution < 1.29 is 0 Å². The Balaban J connectivity index is 3.17. The summed E-state index contributed by atoms with van der Waals surface area (Å²) in [7, 11) is 1.97. The molecule has 1 atom stereocenters. The SMILES string of the molecule is C=C(C)C(N)CCCCNC. The van der Waals surface area contributed by atoms with Crippen LogP contribution in [0.1, 0.15) is 26.2 Å². The maximum absolute atomic E-state index is 5.78. The Morgan fingerprint density at radius 1 is 1.55 bits per heavy atom. The van der Waals surface area contributed by atoms with Crippen LogP contribution < -0.4 is 11.1 Å². The monoisotopic (exact) mass is 156 g/mol. The van der Waals surface area contributed by atoms with Crippen LogP contribution in [0.25, 0.3) is 0 Å². The van der Waals surface area contributed by atoms with Gasteiger partial charge in [-0.2, -0.15) is 0 Å². The molecule has 0 aliphatic carbocycles. The molecule has 0 bridgehead atoms. The van der Waals surface area contributed by atoms with Crippen molar-refractivity contribution >= 4 is 0 Å². The molecule has 11 heavy (non-hydrogen) atoms. The van der Waals surface area contributed by atoms with Crippen LogP contribution >= 0.6 is 0 Å². The zero-order valence-electron chi connectivity index (χ0n) is 7.69. The molecular formula is C9H20N2. The zero-order chi connectivity index (χ0) is 8.69. The third kappa shape index (κ3) is 6.07. The number of hydrogen-bond acceptors (Lipinski definition) is 2. The minimum absolute atomic E-state index is 0.201. The van der Waals surface area contributed by atoms with E-state index in [0.29, 0.717) is 0 Å². The highest BCUT2D eigenvalue weighted by atomic mass is 14.8. The van der Waals surface area contributed by atoms with Gasteiger partial charge < -0.3 is 11.1 Å². The maximum Gasteiger partial charge on any atom is 0.0248 e. The Morgan fingerprint density at radius 2 is 2.18 bits per heavy atom. The van der Waals surface area contributed by atoms with E-state index < -0.39 is 0 Å². The van der Waals surface area contributed by atoms with Gasteiger partial charge in [-0.3, -0.25) is 0 Å². The first-order valence-corrected chi connectivity index (χ1v) is 4.24. The first kappa shape index (κ1) is 10.7. The molecule has 0 rings (SSSR count). The molecule has 0 amide bonds. The second-order valence-corrected chi connectivity index (χ2v) is 3.05. The normalized spacial score (nSPS) is 13.0. The lowest BCUT2D eigenvalue weighted by Gasteiger charge is -2.09. The van der Waals surface area contributed by atoms with Gasteiger partial charge in [-0.25, -0.2) is 0 Å². The summed E-state index contributed by atoms with van der Waals surface area (Å²) in [6, 6.07) is 0.201. The van der Waals surface area contributed by atoms with Crippen LogP contribution in [0.4, 0.5) is 0 Å². The molecule has 0 spiro atoms. The van der Waals surface area contributed by atoms with Crippen molar-refractivity contribution in [3.05, 3.63) is 12.2 Å². The van der Waals surface area contributed by atoms with Crippen LogP contribution in [0.15, 0.2) is 12.2 Å². The lowest BCUT2D eigenvalue weighted by atomic mass is 10.1. The minimum Gasteiger partial charge on any atom is -0.324 e. The highest BCUT2D eigenvalue weighted by Gasteiger charge is 2.00. The highest BCUT2D eigenvalue weighted by molar-refractivity contribution is 4.99. The van der Waals surface area contributed by atoms with Crippen LogP contribution in [0.5, 0.6) is 0 Å². The van der Waals surface area contributed by atoms with Crippen molar-refractivity contribution in [2.45, 2.75) is 32.2 Å². The van der Waals surface area contributed by atoms with Crippen molar-refractivity contribution in [3.8, 4) is 0 Å². The minimum atomic E-state index is 0.201. The van der Waals surface area contributed by atoms with E-state index in [1.165, 1.54) is 12.8 Å². The van der Waals surface area contributed by atoms with Crippen molar-refractivity contribution in [1.82, 2.24) is 5.32 Å². The van der Waals surface area contributed by atoms with Crippen molar-refractivity contribution in [3.63, 3.8) is 0 Å². The van der Waals surface area contributed by atoms with Gasteiger partial charge in [0.25, 0.3) is 0 Å². The molecule has 0 radical (unpaired) electrons. The second-order valence-electron chi connectivity index (χ2n) is 3.05. The Bertz CT molecular complexity index is 110. The third-order valence-electron chi connectivity index (χ3n) is 1.82. The number of nitrogens with two attached hydrogens (primary N) is 1. The Kier molecular flexibility index (Phi) is 6.18. The molecule has 0 aromatic rings. The molecular weight excluding hydrogens is 136 g/mol. The lowest BCUT2D eigenvalue weighted by molar-refractivity contribution is 0.596. The third-order valence-corrected chi connectivity index (χ3v) is 1.82. The second kappa shape index (κ2) is 6.38. The van der Waals surface area contributed by atoms with Crippen LogP contribution in [-0.4, -0.2) is 19.6 Å². The standard InChI is InChI=1S/C9H20N2/c1-8(2)9(10)6-4-5-7-11-3/h9,11H,1,4-7,10H2,2-3H3. The Hall–Kier alpha value is -0.340. The van der Waals surface area contributed by atoms with E-state index in [1.807, 2.05) is 14.0 Å². The molecule has 3 N–H and O–H groups in total. The number of nitrogens with one attached hydrogen (secondary N) is 1. The van der Waals surface area contributed by atoms with E-state index in [4.69, 9.17) is 5.73 Å². The van der Waals surface area contributed by atoms with E-state index >= 15 is 0 Å². The average Bonchev–Trinajstić information content (AvgIpc) is 1.97. The van der Waals surface area contributed by atoms with Crippen LogP contribution in [-0.2, 0) is 0 Å². The Labute approximate surface area is 69.9 Å². The molecule has 66 valence electrons. The van der Waals surface area contributed by atoms with Gasteiger partial charge in [-0.1, -0.05) is 18.6 Å². The molecule has 0 aromatic carbocycles. The summed E-state index contributed by atoms with van der Waals surface area (Å²) >= 11 is 0. The van der Waals surface area contributed by atoms with Gasteiger partial charge in [0.15, 0.2) is 0 Å². The quantitative estimate of drug-likeness (QED) is 0.449. The fourth-order valence-electron chi connectivity index (χ4n) is 0.912. The fraction of sp³-hybridized carbons (Fsp3) is 0.778. The fourth-order valence-corrected chi connectivity index (χ4v) is 0.912. The summed E-state index contributed by atoms with van der Waals surface area (Å²) in [5, 5.41) is 3.11. The van der Waals surface area contributed by atoms with Gasteiger partial charge in [-0.05, 0) is 33.4 Å². The van der Waals surface area contributed by atoms with Gasteiger partial charge in [-0.15, -0.1) is 0 Å². The Morgan fingerprint density at radius 3 is 2.64 bits per heavy atom. The predicted octanol–water partition coefficient (Wildman–Crippen LogP) is 1.28. The number of unbranched alkanes of at least 4 members (excludes halogenated alkanes) is 1. The van der Waals surface area contributed by atoms with E-state index in [-0.39, 0.29) is 6.04 Å². The molecule has 2 nitrogen and oxygen atoms in total. The first-order chi connectivity index (χ1) is 5.18. The van der Waals surface area contributed by atoms with Crippen molar-refractivity contribution in [1.29, 1.82) is 0 Å². The van der Waals surface area contributed by atoms with Gasteiger partial charge >= 0.3 is 0 Å². The van der Waals surface area contributed by atoms with Gasteiger partial charge in [0.2, 0.25) is 0 Å². The van der Waals surface area contributed by atoms with E-state index in [0.717, 1.165) is 18.5 Å². The van der Waals surface area contributed by atoms with Crippen molar-refractivity contribution in [2.24, 2.45) is 5.73 Å². The molecule has 0 fully saturated rings. The largest absolute Gasteiger partial charge is 0.324 e. The summed E-state index contributed by atoms with van der Waals surface area (Å²) in [5.41, 5.74) is 6.87. The average molecular weight is 156 g/mol. The molecule has 0 saturated carbocycles. The zero-order valence-corrected chi connectivity index (χ0v) is 7.69. The summed E-state index contributed by atoms with van der Waals surface area (Å²) in [5.74, 6) is 0. The van der Waals surface area contributed by atoms with E-state index in [1.54, 1.807) is 0 Å². The number of rotatable bonds is 6. The smallest absolute Gasteiger partial charge is 0.0248 e. The predicted molar refractivity (Wildman–Crippen MR) is 50.6 cm³/mol. The molecule has 0 saturated heterocycles. The van der Waals surface area contributed by atoms with Gasteiger partial charge in [0.05, 0.1) is 0 Å². The first-order valence-electron chi connectivity index (χ1n) is 4.24. The van der Waals surface area contributed by atoms with Crippen LogP contribution in [0.3, 0.4) is 0 Å². The highest BCUT2D eigenvalue weighted by Crippen LogP contribution is 2.04. The summed E-state index contributed by atoms with van der Waals surface area (Å²) in [6.45, 7) is 6.89.